The second-order valence-electron chi connectivity index (χ2n) is 5.77. The normalized spacial score (nSPS) is 13.3. The Morgan fingerprint density at radius 2 is 1.53 bits per heavy atom. The average molecular weight is 254 g/mol. The molecule has 0 radical (unpaired) electrons. The Hall–Kier alpha value is -1.60. The van der Waals surface area contributed by atoms with Crippen molar-refractivity contribution in [1.82, 2.24) is 0 Å². The molecule has 2 aromatic rings. The SMILES string of the molecule is CC(Cc1ccc(C(C)(C)O)cc1)c1ccccc1. The molecule has 0 bridgehead atoms. The van der Waals surface area contributed by atoms with E-state index in [1.54, 1.807) is 0 Å². The first-order chi connectivity index (χ1) is 8.97. The summed E-state index contributed by atoms with van der Waals surface area (Å²) in [7, 11) is 0. The molecule has 0 saturated heterocycles. The molecule has 100 valence electrons. The zero-order valence-electron chi connectivity index (χ0n) is 11.9. The van der Waals surface area contributed by atoms with Gasteiger partial charge in [-0.1, -0.05) is 61.5 Å². The van der Waals surface area contributed by atoms with E-state index in [4.69, 9.17) is 0 Å². The van der Waals surface area contributed by atoms with Crippen LogP contribution >= 0.6 is 0 Å². The summed E-state index contributed by atoms with van der Waals surface area (Å²) in [6.45, 7) is 5.88. The van der Waals surface area contributed by atoms with Gasteiger partial charge in [0.1, 0.15) is 0 Å². The summed E-state index contributed by atoms with van der Waals surface area (Å²) >= 11 is 0. The average Bonchev–Trinajstić information content (AvgIpc) is 2.39. The van der Waals surface area contributed by atoms with E-state index in [2.05, 4.69) is 43.3 Å². The topological polar surface area (TPSA) is 20.2 Å². The second-order valence-corrected chi connectivity index (χ2v) is 5.77. The Morgan fingerprint density at radius 3 is 2.05 bits per heavy atom. The van der Waals surface area contributed by atoms with Crippen LogP contribution in [0.2, 0.25) is 0 Å². The first kappa shape index (κ1) is 13.8. The van der Waals surface area contributed by atoms with Crippen LogP contribution in [-0.4, -0.2) is 5.11 Å². The molecule has 0 aliphatic carbocycles. The Kier molecular flexibility index (Phi) is 4.06. The van der Waals surface area contributed by atoms with E-state index < -0.39 is 5.60 Å². The van der Waals surface area contributed by atoms with E-state index in [1.807, 2.05) is 32.0 Å². The van der Waals surface area contributed by atoms with Gasteiger partial charge >= 0.3 is 0 Å². The lowest BCUT2D eigenvalue weighted by Crippen LogP contribution is -2.15. The maximum atomic E-state index is 9.94. The molecule has 0 amide bonds. The fourth-order valence-corrected chi connectivity index (χ4v) is 2.30. The zero-order chi connectivity index (χ0) is 13.9. The van der Waals surface area contributed by atoms with Crippen LogP contribution in [0, 0.1) is 0 Å². The van der Waals surface area contributed by atoms with Gasteiger partial charge in [-0.3, -0.25) is 0 Å². The predicted octanol–water partition coefficient (Wildman–Crippen LogP) is 4.26. The van der Waals surface area contributed by atoms with Crippen molar-refractivity contribution in [3.63, 3.8) is 0 Å². The molecule has 0 aromatic heterocycles. The molecule has 0 spiro atoms. The lowest BCUT2D eigenvalue weighted by atomic mass is 9.91. The van der Waals surface area contributed by atoms with E-state index in [9.17, 15) is 5.11 Å². The Balaban J connectivity index is 2.08. The maximum Gasteiger partial charge on any atom is 0.0840 e. The zero-order valence-corrected chi connectivity index (χ0v) is 11.9. The van der Waals surface area contributed by atoms with Crippen LogP contribution in [0.1, 0.15) is 43.4 Å². The molecule has 0 heterocycles. The number of aliphatic hydroxyl groups is 1. The van der Waals surface area contributed by atoms with Gasteiger partial charge in [-0.15, -0.1) is 0 Å². The monoisotopic (exact) mass is 254 g/mol. The molecule has 1 heteroatoms. The summed E-state index contributed by atoms with van der Waals surface area (Å²) in [6, 6.07) is 18.9. The third-order valence-corrected chi connectivity index (χ3v) is 3.57. The highest BCUT2D eigenvalue weighted by atomic mass is 16.3. The molecule has 1 unspecified atom stereocenters. The Morgan fingerprint density at radius 1 is 0.947 bits per heavy atom. The highest BCUT2D eigenvalue weighted by Gasteiger charge is 2.15. The summed E-state index contributed by atoms with van der Waals surface area (Å²) in [5.41, 5.74) is 2.88. The van der Waals surface area contributed by atoms with Crippen molar-refractivity contribution in [1.29, 1.82) is 0 Å². The quantitative estimate of drug-likeness (QED) is 0.864. The molecular formula is C18H22O. The molecule has 0 saturated carbocycles. The lowest BCUT2D eigenvalue weighted by molar-refractivity contribution is 0.0786. The highest BCUT2D eigenvalue weighted by Crippen LogP contribution is 2.23. The minimum absolute atomic E-state index is 0.509. The van der Waals surface area contributed by atoms with Gasteiger partial charge in [-0.2, -0.15) is 0 Å². The highest BCUT2D eigenvalue weighted by molar-refractivity contribution is 5.28. The lowest BCUT2D eigenvalue weighted by Gasteiger charge is -2.18. The van der Waals surface area contributed by atoms with Crippen molar-refractivity contribution in [3.05, 3.63) is 71.3 Å². The van der Waals surface area contributed by atoms with E-state index in [0.717, 1.165) is 12.0 Å². The molecular weight excluding hydrogens is 232 g/mol. The molecule has 1 N–H and O–H groups in total. The van der Waals surface area contributed by atoms with Gasteiger partial charge in [0.05, 0.1) is 5.60 Å². The summed E-state index contributed by atoms with van der Waals surface area (Å²) in [6.07, 6.45) is 1.02. The Labute approximate surface area is 115 Å². The number of hydrogen-bond acceptors (Lipinski definition) is 1. The third-order valence-electron chi connectivity index (χ3n) is 3.57. The van der Waals surface area contributed by atoms with Crippen LogP contribution in [-0.2, 0) is 12.0 Å². The van der Waals surface area contributed by atoms with Crippen molar-refractivity contribution in [2.75, 3.05) is 0 Å². The standard InChI is InChI=1S/C18H22O/c1-14(16-7-5-4-6-8-16)13-15-9-11-17(12-10-15)18(2,3)19/h4-12,14,19H,13H2,1-3H3. The van der Waals surface area contributed by atoms with E-state index in [0.29, 0.717) is 5.92 Å². The molecule has 2 rings (SSSR count). The van der Waals surface area contributed by atoms with Crippen LogP contribution in [0.5, 0.6) is 0 Å². The largest absolute Gasteiger partial charge is 0.386 e. The van der Waals surface area contributed by atoms with Gasteiger partial charge in [0, 0.05) is 0 Å². The van der Waals surface area contributed by atoms with E-state index in [1.165, 1.54) is 11.1 Å². The summed E-state index contributed by atoms with van der Waals surface area (Å²) in [5, 5.41) is 9.94. The van der Waals surface area contributed by atoms with Crippen LogP contribution < -0.4 is 0 Å². The van der Waals surface area contributed by atoms with Crippen molar-refractivity contribution >= 4 is 0 Å². The predicted molar refractivity (Wildman–Crippen MR) is 80.2 cm³/mol. The summed E-state index contributed by atoms with van der Waals surface area (Å²) < 4.78 is 0. The smallest absolute Gasteiger partial charge is 0.0840 e. The molecule has 2 aromatic carbocycles. The van der Waals surface area contributed by atoms with Crippen molar-refractivity contribution in [2.45, 2.75) is 38.7 Å². The number of benzene rings is 2. The van der Waals surface area contributed by atoms with Crippen molar-refractivity contribution in [3.8, 4) is 0 Å². The molecule has 19 heavy (non-hydrogen) atoms. The van der Waals surface area contributed by atoms with Crippen LogP contribution in [0.4, 0.5) is 0 Å². The molecule has 0 fully saturated rings. The number of hydrogen-bond donors (Lipinski definition) is 1. The summed E-state index contributed by atoms with van der Waals surface area (Å²) in [4.78, 5) is 0. The Bertz CT molecular complexity index is 506. The number of rotatable bonds is 4. The van der Waals surface area contributed by atoms with Crippen LogP contribution in [0.25, 0.3) is 0 Å². The molecule has 1 atom stereocenters. The second kappa shape index (κ2) is 5.58. The van der Waals surface area contributed by atoms with E-state index in [-0.39, 0.29) is 0 Å². The molecule has 1 nitrogen and oxygen atoms in total. The summed E-state index contributed by atoms with van der Waals surface area (Å²) in [5.74, 6) is 0.509. The fourth-order valence-electron chi connectivity index (χ4n) is 2.30. The van der Waals surface area contributed by atoms with Crippen molar-refractivity contribution < 1.29 is 5.11 Å². The van der Waals surface area contributed by atoms with Gasteiger partial charge < -0.3 is 5.11 Å². The minimum Gasteiger partial charge on any atom is -0.386 e. The third kappa shape index (κ3) is 3.68. The molecule has 0 aliphatic heterocycles. The van der Waals surface area contributed by atoms with Gasteiger partial charge in [-0.05, 0) is 42.9 Å². The fraction of sp³-hybridized carbons (Fsp3) is 0.333. The first-order valence-corrected chi connectivity index (χ1v) is 6.83. The van der Waals surface area contributed by atoms with E-state index >= 15 is 0 Å². The van der Waals surface area contributed by atoms with Gasteiger partial charge in [0.25, 0.3) is 0 Å². The van der Waals surface area contributed by atoms with Crippen LogP contribution in [0.15, 0.2) is 54.6 Å². The van der Waals surface area contributed by atoms with Crippen LogP contribution in [0.3, 0.4) is 0 Å². The minimum atomic E-state index is -0.760. The van der Waals surface area contributed by atoms with Crippen molar-refractivity contribution in [2.24, 2.45) is 0 Å². The van der Waals surface area contributed by atoms with Gasteiger partial charge in [0.15, 0.2) is 0 Å². The maximum absolute atomic E-state index is 9.94. The molecule has 0 aliphatic rings. The van der Waals surface area contributed by atoms with Gasteiger partial charge in [0.2, 0.25) is 0 Å². The van der Waals surface area contributed by atoms with Gasteiger partial charge in [-0.25, -0.2) is 0 Å². The first-order valence-electron chi connectivity index (χ1n) is 6.83.